The summed E-state index contributed by atoms with van der Waals surface area (Å²) in [5, 5.41) is 14.5. The Balaban J connectivity index is 2.59. The first-order valence-electron chi connectivity index (χ1n) is 6.89. The number of amides is 2. The van der Waals surface area contributed by atoms with E-state index in [1.807, 2.05) is 6.92 Å². The van der Waals surface area contributed by atoms with Crippen LogP contribution in [-0.2, 0) is 4.79 Å². The SMILES string of the molecule is CCCCC(C)NC(=O)N[C@H](C(=O)O)c1ccccc1. The van der Waals surface area contributed by atoms with Crippen molar-refractivity contribution >= 4 is 12.0 Å². The lowest BCUT2D eigenvalue weighted by Crippen LogP contribution is -2.44. The summed E-state index contributed by atoms with van der Waals surface area (Å²) in [4.78, 5) is 23.1. The Kier molecular flexibility index (Phi) is 6.56. The second-order valence-electron chi connectivity index (χ2n) is 4.84. The van der Waals surface area contributed by atoms with Gasteiger partial charge in [-0.2, -0.15) is 0 Å². The lowest BCUT2D eigenvalue weighted by Gasteiger charge is -2.18. The first-order chi connectivity index (χ1) is 9.54. The van der Waals surface area contributed by atoms with Crippen LogP contribution < -0.4 is 10.6 Å². The molecule has 0 saturated carbocycles. The molecule has 2 atom stereocenters. The Hall–Kier alpha value is -2.04. The van der Waals surface area contributed by atoms with Gasteiger partial charge in [-0.25, -0.2) is 9.59 Å². The van der Waals surface area contributed by atoms with E-state index in [4.69, 9.17) is 0 Å². The standard InChI is InChI=1S/C15H22N2O3/c1-3-4-8-11(2)16-15(20)17-13(14(18)19)12-9-6-5-7-10-12/h5-7,9-11,13H,3-4,8H2,1-2H3,(H,18,19)(H2,16,17,20)/t11?,13-/m0/s1. The third-order valence-corrected chi connectivity index (χ3v) is 3.02. The quantitative estimate of drug-likeness (QED) is 0.717. The minimum atomic E-state index is -1.08. The van der Waals surface area contributed by atoms with Crippen LogP contribution in [0.2, 0.25) is 0 Å². The molecule has 1 rings (SSSR count). The van der Waals surface area contributed by atoms with Crippen LogP contribution in [0, 0.1) is 0 Å². The molecule has 0 radical (unpaired) electrons. The predicted octanol–water partition coefficient (Wildman–Crippen LogP) is 2.69. The van der Waals surface area contributed by atoms with Gasteiger partial charge >= 0.3 is 12.0 Å². The van der Waals surface area contributed by atoms with Crippen molar-refractivity contribution in [1.82, 2.24) is 10.6 Å². The number of urea groups is 1. The number of rotatable bonds is 7. The van der Waals surface area contributed by atoms with Gasteiger partial charge in [-0.15, -0.1) is 0 Å². The van der Waals surface area contributed by atoms with Crippen molar-refractivity contribution < 1.29 is 14.7 Å². The number of nitrogens with one attached hydrogen (secondary N) is 2. The first-order valence-corrected chi connectivity index (χ1v) is 6.89. The van der Waals surface area contributed by atoms with Crippen molar-refractivity contribution in [3.05, 3.63) is 35.9 Å². The summed E-state index contributed by atoms with van der Waals surface area (Å²) in [6.45, 7) is 4.00. The summed E-state index contributed by atoms with van der Waals surface area (Å²) >= 11 is 0. The fourth-order valence-corrected chi connectivity index (χ4v) is 1.91. The molecule has 0 heterocycles. The zero-order valence-corrected chi connectivity index (χ0v) is 11.9. The van der Waals surface area contributed by atoms with Gasteiger partial charge in [0.2, 0.25) is 0 Å². The van der Waals surface area contributed by atoms with Crippen LogP contribution in [0.4, 0.5) is 4.79 Å². The van der Waals surface area contributed by atoms with Gasteiger partial charge in [0.25, 0.3) is 0 Å². The predicted molar refractivity (Wildman–Crippen MR) is 77.5 cm³/mol. The highest BCUT2D eigenvalue weighted by Gasteiger charge is 2.22. The molecule has 1 aromatic rings. The third-order valence-electron chi connectivity index (χ3n) is 3.02. The average molecular weight is 278 g/mol. The molecule has 3 N–H and O–H groups in total. The van der Waals surface area contributed by atoms with Gasteiger partial charge in [-0.05, 0) is 18.9 Å². The van der Waals surface area contributed by atoms with Crippen molar-refractivity contribution in [3.8, 4) is 0 Å². The van der Waals surface area contributed by atoms with E-state index in [1.54, 1.807) is 30.3 Å². The molecule has 0 aliphatic carbocycles. The van der Waals surface area contributed by atoms with Crippen LogP contribution >= 0.6 is 0 Å². The average Bonchev–Trinajstić information content (AvgIpc) is 2.43. The Morgan fingerprint density at radius 1 is 1.20 bits per heavy atom. The smallest absolute Gasteiger partial charge is 0.330 e. The minimum absolute atomic E-state index is 0.0279. The number of carboxylic acid groups (broad SMARTS) is 1. The van der Waals surface area contributed by atoms with Gasteiger partial charge in [-0.1, -0.05) is 50.1 Å². The number of unbranched alkanes of at least 4 members (excludes halogenated alkanes) is 1. The number of hydrogen-bond donors (Lipinski definition) is 3. The van der Waals surface area contributed by atoms with Gasteiger partial charge in [0.15, 0.2) is 6.04 Å². The highest BCUT2D eigenvalue weighted by Crippen LogP contribution is 2.12. The molecule has 1 unspecified atom stereocenters. The van der Waals surface area contributed by atoms with Gasteiger partial charge < -0.3 is 15.7 Å². The summed E-state index contributed by atoms with van der Waals surface area (Å²) in [6.07, 6.45) is 2.98. The van der Waals surface area contributed by atoms with Gasteiger partial charge in [0.05, 0.1) is 0 Å². The van der Waals surface area contributed by atoms with E-state index in [9.17, 15) is 14.7 Å². The minimum Gasteiger partial charge on any atom is -0.479 e. The second kappa shape index (κ2) is 8.19. The molecular formula is C15H22N2O3. The molecular weight excluding hydrogens is 256 g/mol. The van der Waals surface area contributed by atoms with Crippen molar-refractivity contribution in [1.29, 1.82) is 0 Å². The molecule has 5 nitrogen and oxygen atoms in total. The van der Waals surface area contributed by atoms with Gasteiger partial charge in [0, 0.05) is 6.04 Å². The lowest BCUT2D eigenvalue weighted by atomic mass is 10.1. The zero-order valence-electron chi connectivity index (χ0n) is 11.9. The molecule has 0 saturated heterocycles. The number of carboxylic acids is 1. The van der Waals surface area contributed by atoms with Crippen LogP contribution in [0.5, 0.6) is 0 Å². The van der Waals surface area contributed by atoms with E-state index in [-0.39, 0.29) is 6.04 Å². The van der Waals surface area contributed by atoms with E-state index in [0.29, 0.717) is 5.56 Å². The Labute approximate surface area is 119 Å². The molecule has 0 fully saturated rings. The summed E-state index contributed by atoms with van der Waals surface area (Å²) in [5.74, 6) is -1.08. The van der Waals surface area contributed by atoms with Crippen LogP contribution in [0.3, 0.4) is 0 Å². The van der Waals surface area contributed by atoms with Crippen molar-refractivity contribution in [2.75, 3.05) is 0 Å². The van der Waals surface area contributed by atoms with E-state index in [2.05, 4.69) is 17.6 Å². The van der Waals surface area contributed by atoms with E-state index < -0.39 is 18.0 Å². The first kappa shape index (κ1) is 16.0. The highest BCUT2D eigenvalue weighted by atomic mass is 16.4. The second-order valence-corrected chi connectivity index (χ2v) is 4.84. The van der Waals surface area contributed by atoms with Crippen molar-refractivity contribution in [2.24, 2.45) is 0 Å². The fourth-order valence-electron chi connectivity index (χ4n) is 1.91. The fraction of sp³-hybridized carbons (Fsp3) is 0.467. The summed E-state index contributed by atoms with van der Waals surface area (Å²) in [6, 6.07) is 7.19. The van der Waals surface area contributed by atoms with Crippen LogP contribution in [0.15, 0.2) is 30.3 Å². The molecule has 20 heavy (non-hydrogen) atoms. The number of benzene rings is 1. The molecule has 0 aliphatic rings. The van der Waals surface area contributed by atoms with Gasteiger partial charge in [0.1, 0.15) is 0 Å². The molecule has 0 bridgehead atoms. The Bertz CT molecular complexity index is 434. The molecule has 5 heteroatoms. The van der Waals surface area contributed by atoms with Crippen LogP contribution in [0.25, 0.3) is 0 Å². The maximum absolute atomic E-state index is 11.8. The van der Waals surface area contributed by atoms with E-state index >= 15 is 0 Å². The maximum Gasteiger partial charge on any atom is 0.330 e. The molecule has 0 aliphatic heterocycles. The highest BCUT2D eigenvalue weighted by molar-refractivity contribution is 5.83. The molecule has 0 spiro atoms. The Morgan fingerprint density at radius 2 is 1.85 bits per heavy atom. The molecule has 0 aromatic heterocycles. The topological polar surface area (TPSA) is 78.4 Å². The molecule has 2 amide bonds. The van der Waals surface area contributed by atoms with E-state index in [1.165, 1.54) is 0 Å². The largest absolute Gasteiger partial charge is 0.479 e. The monoisotopic (exact) mass is 278 g/mol. The van der Waals surface area contributed by atoms with Gasteiger partial charge in [-0.3, -0.25) is 0 Å². The van der Waals surface area contributed by atoms with Crippen molar-refractivity contribution in [3.63, 3.8) is 0 Å². The van der Waals surface area contributed by atoms with Crippen molar-refractivity contribution in [2.45, 2.75) is 45.2 Å². The maximum atomic E-state index is 11.8. The number of aliphatic carboxylic acids is 1. The summed E-state index contributed by atoms with van der Waals surface area (Å²) in [7, 11) is 0. The number of carbonyl (C=O) groups excluding carboxylic acids is 1. The number of hydrogen-bond acceptors (Lipinski definition) is 2. The molecule has 1 aromatic carbocycles. The van der Waals surface area contributed by atoms with Crippen LogP contribution in [-0.4, -0.2) is 23.1 Å². The third kappa shape index (κ3) is 5.30. The van der Waals surface area contributed by atoms with E-state index in [0.717, 1.165) is 19.3 Å². The summed E-state index contributed by atoms with van der Waals surface area (Å²) < 4.78 is 0. The normalized spacial score (nSPS) is 13.3. The lowest BCUT2D eigenvalue weighted by molar-refractivity contribution is -0.139. The summed E-state index contributed by atoms with van der Waals surface area (Å²) in [5.41, 5.74) is 0.552. The Morgan fingerprint density at radius 3 is 2.40 bits per heavy atom. The van der Waals surface area contributed by atoms with Crippen LogP contribution in [0.1, 0.15) is 44.7 Å². The number of carbonyl (C=O) groups is 2. The zero-order chi connectivity index (χ0) is 15.0. The molecule has 110 valence electrons.